The lowest BCUT2D eigenvalue weighted by Gasteiger charge is -2.26. The van der Waals surface area contributed by atoms with Gasteiger partial charge in [-0.15, -0.1) is 28.0 Å². The van der Waals surface area contributed by atoms with Crippen molar-refractivity contribution < 1.29 is 19.5 Å². The van der Waals surface area contributed by atoms with Gasteiger partial charge in [0.2, 0.25) is 0 Å². The maximum atomic E-state index is 13.0. The fourth-order valence-electron chi connectivity index (χ4n) is 3.44. The van der Waals surface area contributed by atoms with Crippen molar-refractivity contribution in [2.45, 2.75) is 25.3 Å². The second kappa shape index (κ2) is 9.28. The molecule has 2 aromatic heterocycles. The molecule has 0 aliphatic carbocycles. The van der Waals surface area contributed by atoms with Crippen LogP contribution in [-0.4, -0.2) is 32.8 Å². The number of nitrogens with zero attached hydrogens (tertiary/aromatic N) is 2. The summed E-state index contributed by atoms with van der Waals surface area (Å²) in [5, 5.41) is 19.6. The van der Waals surface area contributed by atoms with Crippen LogP contribution in [0.4, 0.5) is 10.6 Å². The summed E-state index contributed by atoms with van der Waals surface area (Å²) in [5.41, 5.74) is 1.50. The summed E-state index contributed by atoms with van der Waals surface area (Å²) >= 11 is 6.78. The molecule has 3 N–H and O–H groups in total. The second-order valence-electron chi connectivity index (χ2n) is 8.10. The van der Waals surface area contributed by atoms with Crippen LogP contribution >= 0.6 is 22.9 Å². The Balaban J connectivity index is 1.63. The molecule has 0 atom stereocenters. The number of anilines is 1. The van der Waals surface area contributed by atoms with Gasteiger partial charge in [-0.05, 0) is 43.2 Å². The minimum atomic E-state index is -1.32. The quantitative estimate of drug-likeness (QED) is 0.314. The van der Waals surface area contributed by atoms with Gasteiger partial charge in [0.15, 0.2) is 5.82 Å². The molecule has 4 rings (SSSR count). The Morgan fingerprint density at radius 1 is 1.06 bits per heavy atom. The van der Waals surface area contributed by atoms with Crippen LogP contribution in [0.15, 0.2) is 60.7 Å². The number of carboxylic acid groups (broad SMARTS) is 1. The van der Waals surface area contributed by atoms with Gasteiger partial charge in [0.1, 0.15) is 4.83 Å². The number of hydrogen-bond donors (Lipinski definition) is 3. The third-order valence-corrected chi connectivity index (χ3v) is 6.71. The first-order valence-corrected chi connectivity index (χ1v) is 11.6. The fourth-order valence-corrected chi connectivity index (χ4v) is 4.62. The van der Waals surface area contributed by atoms with Gasteiger partial charge in [0, 0.05) is 11.4 Å². The van der Waals surface area contributed by atoms with Crippen LogP contribution in [0.25, 0.3) is 10.2 Å². The van der Waals surface area contributed by atoms with Crippen molar-refractivity contribution in [1.82, 2.24) is 15.1 Å². The van der Waals surface area contributed by atoms with Crippen molar-refractivity contribution in [2.75, 3.05) is 5.32 Å². The van der Waals surface area contributed by atoms with Gasteiger partial charge in [-0.3, -0.25) is 9.59 Å². The van der Waals surface area contributed by atoms with Crippen molar-refractivity contribution in [2.24, 2.45) is 0 Å². The first kappa shape index (κ1) is 23.5. The molecule has 8 nitrogen and oxygen atoms in total. The highest BCUT2D eigenvalue weighted by Gasteiger charge is 2.27. The molecule has 10 heteroatoms. The molecular formula is C24H21ClN4O4S. The van der Waals surface area contributed by atoms with E-state index in [0.29, 0.717) is 21.7 Å². The van der Waals surface area contributed by atoms with Gasteiger partial charge >= 0.3 is 6.09 Å². The highest BCUT2D eigenvalue weighted by atomic mass is 35.5. The predicted octanol–water partition coefficient (Wildman–Crippen LogP) is 5.28. The summed E-state index contributed by atoms with van der Waals surface area (Å²) in [6.45, 7) is 3.77. The molecule has 2 heterocycles. The van der Waals surface area contributed by atoms with Crippen LogP contribution in [0.1, 0.15) is 45.0 Å². The maximum Gasteiger partial charge on any atom is 0.433 e. The van der Waals surface area contributed by atoms with Crippen molar-refractivity contribution in [3.8, 4) is 0 Å². The van der Waals surface area contributed by atoms with Gasteiger partial charge in [-0.25, -0.2) is 4.79 Å². The number of aromatic nitrogens is 2. The Hall–Kier alpha value is -3.69. The molecule has 0 aliphatic heterocycles. The zero-order valence-electron chi connectivity index (χ0n) is 18.3. The monoisotopic (exact) mass is 496 g/mol. The van der Waals surface area contributed by atoms with Gasteiger partial charge in [0.05, 0.1) is 15.8 Å². The summed E-state index contributed by atoms with van der Waals surface area (Å²) in [6, 6.07) is 17.8. The number of amides is 2. The van der Waals surface area contributed by atoms with E-state index in [0.717, 1.165) is 27.1 Å². The summed E-state index contributed by atoms with van der Waals surface area (Å²) in [5.74, 6) is -0.435. The van der Waals surface area contributed by atoms with Gasteiger partial charge < -0.3 is 15.7 Å². The first-order chi connectivity index (χ1) is 16.2. The van der Waals surface area contributed by atoms with Gasteiger partial charge in [-0.2, -0.15) is 4.68 Å². The van der Waals surface area contributed by atoms with E-state index in [4.69, 9.17) is 11.6 Å². The molecule has 0 spiro atoms. The Labute approximate surface area is 204 Å². The van der Waals surface area contributed by atoms with E-state index in [1.807, 2.05) is 44.2 Å². The molecule has 2 amide bonds. The zero-order chi connectivity index (χ0) is 24.5. The third-order valence-electron chi connectivity index (χ3n) is 5.29. The largest absolute Gasteiger partial charge is 0.463 e. The Morgan fingerprint density at radius 2 is 1.74 bits per heavy atom. The molecule has 2 aromatic carbocycles. The number of hydrogen-bond acceptors (Lipinski definition) is 5. The predicted molar refractivity (Wildman–Crippen MR) is 132 cm³/mol. The van der Waals surface area contributed by atoms with Crippen LogP contribution in [0, 0.1) is 0 Å². The number of carbonyl (C=O) groups is 3. The number of nitrogens with one attached hydrogen (secondary N) is 2. The third kappa shape index (κ3) is 4.66. The van der Waals surface area contributed by atoms with E-state index in [9.17, 15) is 19.5 Å². The molecule has 0 radical (unpaired) electrons. The van der Waals surface area contributed by atoms with E-state index in [2.05, 4.69) is 15.7 Å². The lowest BCUT2D eigenvalue weighted by molar-refractivity contribution is 0.0915. The van der Waals surface area contributed by atoms with E-state index in [1.54, 1.807) is 24.3 Å². The number of carbonyl (C=O) groups excluding carboxylic acids is 2. The molecular weight excluding hydrogens is 476 g/mol. The molecule has 0 unspecified atom stereocenters. The summed E-state index contributed by atoms with van der Waals surface area (Å²) in [6.07, 6.45) is -1.32. The number of rotatable bonds is 6. The number of halogens is 1. The van der Waals surface area contributed by atoms with Crippen LogP contribution in [0.3, 0.4) is 0 Å². The second-order valence-corrected chi connectivity index (χ2v) is 9.40. The molecule has 0 saturated carbocycles. The highest BCUT2D eigenvalue weighted by Crippen LogP contribution is 2.32. The van der Waals surface area contributed by atoms with Gasteiger partial charge in [-0.1, -0.05) is 42.5 Å². The van der Waals surface area contributed by atoms with E-state index in [1.165, 1.54) is 6.07 Å². The van der Waals surface area contributed by atoms with Crippen LogP contribution in [0.5, 0.6) is 0 Å². The Kier molecular flexibility index (Phi) is 6.41. The lowest BCUT2D eigenvalue weighted by atomic mass is 9.94. The Morgan fingerprint density at radius 3 is 2.35 bits per heavy atom. The van der Waals surface area contributed by atoms with E-state index >= 15 is 0 Å². The van der Waals surface area contributed by atoms with Crippen molar-refractivity contribution in [3.05, 3.63) is 82.2 Å². The average molecular weight is 497 g/mol. The first-order valence-electron chi connectivity index (χ1n) is 10.3. The topological polar surface area (TPSA) is 113 Å². The highest BCUT2D eigenvalue weighted by molar-refractivity contribution is 7.20. The minimum absolute atomic E-state index is 0.0569. The molecule has 34 heavy (non-hydrogen) atoms. The summed E-state index contributed by atoms with van der Waals surface area (Å²) in [4.78, 5) is 38.0. The van der Waals surface area contributed by atoms with Crippen LogP contribution < -0.4 is 10.6 Å². The minimum Gasteiger partial charge on any atom is -0.463 e. The number of thiophene rings is 1. The molecule has 0 saturated heterocycles. The molecule has 0 fully saturated rings. The Bertz CT molecular complexity index is 1380. The van der Waals surface area contributed by atoms with Crippen LogP contribution in [0.2, 0.25) is 0 Å². The van der Waals surface area contributed by atoms with Crippen molar-refractivity contribution in [3.63, 3.8) is 0 Å². The SMILES string of the molecule is CC(C)(NC(=O)c1cc2c(NC(=O)c3ccc(CCl)cc3)nn(C(=O)O)c2s1)c1ccccc1. The number of fused-ring (bicyclic) bond motifs is 1. The number of benzene rings is 2. The molecule has 174 valence electrons. The van der Waals surface area contributed by atoms with E-state index in [-0.39, 0.29) is 16.6 Å². The summed E-state index contributed by atoms with van der Waals surface area (Å²) < 4.78 is 0.755. The standard InChI is InChI=1S/C24H21ClN4O4S/c1-24(2,16-6-4-3-5-7-16)27-21(31)18-12-17-19(28-29(23(32)33)22(17)34-18)26-20(30)15-10-8-14(13-25)9-11-15/h3-12H,13H2,1-2H3,(H,27,31)(H,32,33)(H,26,28,30). The van der Waals surface area contributed by atoms with Gasteiger partial charge in [0.25, 0.3) is 11.8 Å². The van der Waals surface area contributed by atoms with Crippen molar-refractivity contribution >= 4 is 56.9 Å². The lowest BCUT2D eigenvalue weighted by Crippen LogP contribution is -2.40. The van der Waals surface area contributed by atoms with E-state index < -0.39 is 17.5 Å². The molecule has 4 aromatic rings. The zero-order valence-corrected chi connectivity index (χ0v) is 19.9. The van der Waals surface area contributed by atoms with Crippen molar-refractivity contribution in [1.29, 1.82) is 0 Å². The molecule has 0 bridgehead atoms. The number of alkyl halides is 1. The average Bonchev–Trinajstić information content (AvgIpc) is 3.40. The summed E-state index contributed by atoms with van der Waals surface area (Å²) in [7, 11) is 0. The molecule has 0 aliphatic rings. The fraction of sp³-hybridized carbons (Fsp3) is 0.167. The maximum absolute atomic E-state index is 13.0. The normalized spacial score (nSPS) is 11.4. The smallest absolute Gasteiger partial charge is 0.433 e. The van der Waals surface area contributed by atoms with Crippen LogP contribution in [-0.2, 0) is 11.4 Å².